The Balaban J connectivity index is 2.09. The fourth-order valence-electron chi connectivity index (χ4n) is 2.18. The first-order chi connectivity index (χ1) is 6.34. The zero-order chi connectivity index (χ0) is 9.52. The zero-order valence-electron chi connectivity index (χ0n) is 8.84. The number of rotatable bonds is 5. The van der Waals surface area contributed by atoms with Crippen LogP contribution in [0.2, 0.25) is 0 Å². The van der Waals surface area contributed by atoms with E-state index in [-0.39, 0.29) is 0 Å². The lowest BCUT2D eigenvalue weighted by molar-refractivity contribution is 0.182. The van der Waals surface area contributed by atoms with Crippen molar-refractivity contribution in [3.8, 4) is 0 Å². The van der Waals surface area contributed by atoms with Crippen molar-refractivity contribution in [1.82, 2.24) is 4.90 Å². The predicted molar refractivity (Wildman–Crippen MR) is 55.8 cm³/mol. The third-order valence-electron chi connectivity index (χ3n) is 3.12. The van der Waals surface area contributed by atoms with Gasteiger partial charge in [0.25, 0.3) is 0 Å². The third-order valence-corrected chi connectivity index (χ3v) is 3.12. The minimum Gasteiger partial charge on any atom is -0.396 e. The Morgan fingerprint density at radius 3 is 2.46 bits per heavy atom. The van der Waals surface area contributed by atoms with Crippen molar-refractivity contribution < 1.29 is 5.11 Å². The van der Waals surface area contributed by atoms with Crippen molar-refractivity contribution in [2.45, 2.75) is 51.0 Å². The molecule has 2 nitrogen and oxygen atoms in total. The Morgan fingerprint density at radius 1 is 1.15 bits per heavy atom. The molecular formula is C11H23NO. The maximum atomic E-state index is 8.67. The number of hydrogen-bond acceptors (Lipinski definition) is 2. The average molecular weight is 185 g/mol. The van der Waals surface area contributed by atoms with Gasteiger partial charge >= 0.3 is 0 Å². The van der Waals surface area contributed by atoms with Crippen LogP contribution in [0, 0.1) is 0 Å². The summed E-state index contributed by atoms with van der Waals surface area (Å²) in [6.07, 6.45) is 9.12. The highest BCUT2D eigenvalue weighted by molar-refractivity contribution is 4.73. The molecule has 1 N–H and O–H groups in total. The zero-order valence-corrected chi connectivity index (χ0v) is 8.84. The van der Waals surface area contributed by atoms with E-state index in [1.165, 1.54) is 32.1 Å². The van der Waals surface area contributed by atoms with E-state index in [1.54, 1.807) is 0 Å². The van der Waals surface area contributed by atoms with Crippen molar-refractivity contribution in [2.24, 2.45) is 0 Å². The molecule has 1 fully saturated rings. The first-order valence-electron chi connectivity index (χ1n) is 5.65. The molecule has 0 saturated heterocycles. The Morgan fingerprint density at radius 2 is 1.85 bits per heavy atom. The highest BCUT2D eigenvalue weighted by atomic mass is 16.2. The van der Waals surface area contributed by atoms with E-state index in [4.69, 9.17) is 5.11 Å². The minimum atomic E-state index is 0.346. The number of unbranched alkanes of at least 4 members (excludes halogenated alkanes) is 1. The van der Waals surface area contributed by atoms with Gasteiger partial charge in [-0.1, -0.05) is 19.3 Å². The first-order valence-corrected chi connectivity index (χ1v) is 5.65. The fourth-order valence-corrected chi connectivity index (χ4v) is 2.18. The van der Waals surface area contributed by atoms with Gasteiger partial charge in [-0.3, -0.25) is 0 Å². The topological polar surface area (TPSA) is 23.5 Å². The monoisotopic (exact) mass is 185 g/mol. The highest BCUT2D eigenvalue weighted by Crippen LogP contribution is 2.21. The third kappa shape index (κ3) is 4.10. The van der Waals surface area contributed by atoms with Gasteiger partial charge in [-0.15, -0.1) is 0 Å². The molecule has 0 aromatic heterocycles. The summed E-state index contributed by atoms with van der Waals surface area (Å²) < 4.78 is 0. The van der Waals surface area contributed by atoms with E-state index in [2.05, 4.69) is 11.9 Å². The molecule has 0 aliphatic heterocycles. The lowest BCUT2D eigenvalue weighted by atomic mass is 9.94. The van der Waals surface area contributed by atoms with E-state index < -0.39 is 0 Å². The summed E-state index contributed by atoms with van der Waals surface area (Å²) in [5.41, 5.74) is 0. The van der Waals surface area contributed by atoms with Crippen LogP contribution in [-0.4, -0.2) is 36.2 Å². The second kappa shape index (κ2) is 6.39. The van der Waals surface area contributed by atoms with Crippen LogP contribution < -0.4 is 0 Å². The average Bonchev–Trinajstić information content (AvgIpc) is 2.19. The number of aliphatic hydroxyl groups is 1. The Kier molecular flexibility index (Phi) is 5.40. The molecule has 1 aliphatic rings. The molecule has 0 amide bonds. The summed E-state index contributed by atoms with van der Waals surface area (Å²) in [4.78, 5) is 2.48. The van der Waals surface area contributed by atoms with Gasteiger partial charge < -0.3 is 10.0 Å². The summed E-state index contributed by atoms with van der Waals surface area (Å²) in [7, 11) is 2.23. The van der Waals surface area contributed by atoms with Crippen LogP contribution in [0.5, 0.6) is 0 Å². The molecule has 13 heavy (non-hydrogen) atoms. The van der Waals surface area contributed by atoms with E-state index in [9.17, 15) is 0 Å². The van der Waals surface area contributed by atoms with Crippen LogP contribution in [0.15, 0.2) is 0 Å². The quantitative estimate of drug-likeness (QED) is 0.662. The largest absolute Gasteiger partial charge is 0.396 e. The molecule has 0 radical (unpaired) electrons. The summed E-state index contributed by atoms with van der Waals surface area (Å²) in [6, 6.07) is 0.826. The molecule has 0 aromatic carbocycles. The first kappa shape index (κ1) is 11.0. The van der Waals surface area contributed by atoms with Gasteiger partial charge in [0.05, 0.1) is 0 Å². The standard InChI is InChI=1S/C11H23NO/c1-12(9-5-6-10-13)11-7-3-2-4-8-11/h11,13H,2-10H2,1H3. The Bertz CT molecular complexity index is 121. The molecule has 0 unspecified atom stereocenters. The maximum Gasteiger partial charge on any atom is 0.0431 e. The molecule has 0 heterocycles. The molecule has 78 valence electrons. The normalized spacial score (nSPS) is 19.6. The highest BCUT2D eigenvalue weighted by Gasteiger charge is 2.16. The van der Waals surface area contributed by atoms with Crippen molar-refractivity contribution in [3.63, 3.8) is 0 Å². The summed E-state index contributed by atoms with van der Waals surface area (Å²) >= 11 is 0. The van der Waals surface area contributed by atoms with Gasteiger partial charge in [0, 0.05) is 12.6 Å². The van der Waals surface area contributed by atoms with Crippen LogP contribution >= 0.6 is 0 Å². The van der Waals surface area contributed by atoms with Crippen molar-refractivity contribution in [3.05, 3.63) is 0 Å². The number of hydrogen-bond donors (Lipinski definition) is 1. The minimum absolute atomic E-state index is 0.346. The smallest absolute Gasteiger partial charge is 0.0431 e. The molecule has 1 rings (SSSR count). The molecule has 1 aliphatic carbocycles. The molecule has 0 bridgehead atoms. The van der Waals surface area contributed by atoms with E-state index in [0.29, 0.717) is 6.61 Å². The summed E-state index contributed by atoms with van der Waals surface area (Å²) in [5, 5.41) is 8.67. The van der Waals surface area contributed by atoms with E-state index >= 15 is 0 Å². The molecular weight excluding hydrogens is 162 g/mol. The van der Waals surface area contributed by atoms with Crippen LogP contribution in [0.3, 0.4) is 0 Å². The van der Waals surface area contributed by atoms with Gasteiger partial charge in [0.15, 0.2) is 0 Å². The predicted octanol–water partition coefficient (Wildman–Crippen LogP) is 2.02. The van der Waals surface area contributed by atoms with Gasteiger partial charge in [-0.2, -0.15) is 0 Å². The van der Waals surface area contributed by atoms with Crippen LogP contribution in [0.1, 0.15) is 44.9 Å². The molecule has 1 saturated carbocycles. The number of aliphatic hydroxyl groups excluding tert-OH is 1. The lowest BCUT2D eigenvalue weighted by Gasteiger charge is -2.31. The van der Waals surface area contributed by atoms with Gasteiger partial charge in [0.2, 0.25) is 0 Å². The Hall–Kier alpha value is -0.0800. The van der Waals surface area contributed by atoms with Crippen molar-refractivity contribution in [1.29, 1.82) is 0 Å². The molecule has 0 aromatic rings. The van der Waals surface area contributed by atoms with Crippen LogP contribution in [0.4, 0.5) is 0 Å². The van der Waals surface area contributed by atoms with Crippen molar-refractivity contribution >= 4 is 0 Å². The molecule has 2 heteroatoms. The van der Waals surface area contributed by atoms with E-state index in [0.717, 1.165) is 25.4 Å². The van der Waals surface area contributed by atoms with Gasteiger partial charge in [-0.25, -0.2) is 0 Å². The van der Waals surface area contributed by atoms with Crippen molar-refractivity contribution in [2.75, 3.05) is 20.2 Å². The van der Waals surface area contributed by atoms with Gasteiger partial charge in [0.1, 0.15) is 0 Å². The second-order valence-corrected chi connectivity index (χ2v) is 4.20. The summed E-state index contributed by atoms with van der Waals surface area (Å²) in [5.74, 6) is 0. The lowest BCUT2D eigenvalue weighted by Crippen LogP contribution is -2.34. The number of nitrogens with zero attached hydrogens (tertiary/aromatic N) is 1. The Labute approximate surface area is 81.9 Å². The fraction of sp³-hybridized carbons (Fsp3) is 1.00. The maximum absolute atomic E-state index is 8.67. The van der Waals surface area contributed by atoms with Crippen LogP contribution in [-0.2, 0) is 0 Å². The molecule has 0 spiro atoms. The second-order valence-electron chi connectivity index (χ2n) is 4.20. The molecule has 0 atom stereocenters. The SMILES string of the molecule is CN(CCCCO)C1CCCCC1. The van der Waals surface area contributed by atoms with E-state index in [1.807, 2.05) is 0 Å². The summed E-state index contributed by atoms with van der Waals surface area (Å²) in [6.45, 7) is 1.50. The van der Waals surface area contributed by atoms with Crippen LogP contribution in [0.25, 0.3) is 0 Å². The van der Waals surface area contributed by atoms with Gasteiger partial charge in [-0.05, 0) is 39.3 Å².